The molecule has 1 aliphatic rings. The van der Waals surface area contributed by atoms with E-state index in [-0.39, 0.29) is 18.5 Å². The van der Waals surface area contributed by atoms with Crippen molar-refractivity contribution in [3.05, 3.63) is 12.2 Å². The molecule has 0 radical (unpaired) electrons. The topological polar surface area (TPSA) is 26.3 Å². The van der Waals surface area contributed by atoms with Crippen LogP contribution >= 0.6 is 0 Å². The molecule has 0 saturated carbocycles. The van der Waals surface area contributed by atoms with Crippen molar-refractivity contribution in [3.63, 3.8) is 0 Å². The van der Waals surface area contributed by atoms with Gasteiger partial charge in [0.15, 0.2) is 6.61 Å². The van der Waals surface area contributed by atoms with E-state index in [9.17, 15) is 4.79 Å². The molecule has 0 aromatic heterocycles. The van der Waals surface area contributed by atoms with E-state index >= 15 is 0 Å². The van der Waals surface area contributed by atoms with Gasteiger partial charge >= 0.3 is 5.97 Å². The van der Waals surface area contributed by atoms with Crippen LogP contribution in [0.25, 0.3) is 0 Å². The monoisotopic (exact) mass is 178 g/mol. The van der Waals surface area contributed by atoms with Crippen molar-refractivity contribution < 1.29 is 9.53 Å². The van der Waals surface area contributed by atoms with Gasteiger partial charge in [0, 0.05) is 0 Å². The van der Waals surface area contributed by atoms with Crippen LogP contribution in [0.5, 0.6) is 0 Å². The van der Waals surface area contributed by atoms with E-state index in [2.05, 4.69) is 17.9 Å². The molecule has 0 aliphatic heterocycles. The first-order chi connectivity index (χ1) is 6.34. The number of hydrogen-bond donors (Lipinski definition) is 0. The number of carbonyl (C=O) groups is 1. The highest BCUT2D eigenvalue weighted by atomic mass is 16.5. The minimum absolute atomic E-state index is 0.0589. The Bertz CT molecular complexity index is 255. The van der Waals surface area contributed by atoms with Crippen LogP contribution in [0.15, 0.2) is 12.2 Å². The van der Waals surface area contributed by atoms with Crippen molar-refractivity contribution in [2.24, 2.45) is 5.92 Å². The molecule has 0 bridgehead atoms. The summed E-state index contributed by atoms with van der Waals surface area (Å²) in [6.45, 7) is 1.97. The van der Waals surface area contributed by atoms with Crippen molar-refractivity contribution in [1.82, 2.24) is 0 Å². The Hall–Kier alpha value is -1.23. The maximum Gasteiger partial charge on any atom is 0.310 e. The maximum atomic E-state index is 11.3. The van der Waals surface area contributed by atoms with Crippen molar-refractivity contribution in [2.75, 3.05) is 6.61 Å². The zero-order valence-electron chi connectivity index (χ0n) is 7.88. The fourth-order valence-electron chi connectivity index (χ4n) is 1.30. The lowest BCUT2D eigenvalue weighted by atomic mass is 9.95. The maximum absolute atomic E-state index is 11.3. The molecular weight excluding hydrogens is 164 g/mol. The van der Waals surface area contributed by atoms with Crippen LogP contribution in [0.4, 0.5) is 0 Å². The lowest BCUT2D eigenvalue weighted by Crippen LogP contribution is -2.18. The fourth-order valence-corrected chi connectivity index (χ4v) is 1.30. The SMILES string of the molecule is CC#CCOC(=O)C1CC=CCC1. The predicted molar refractivity (Wildman–Crippen MR) is 50.9 cm³/mol. The first kappa shape index (κ1) is 9.85. The second-order valence-electron chi connectivity index (χ2n) is 3.02. The van der Waals surface area contributed by atoms with Gasteiger partial charge in [-0.15, -0.1) is 5.92 Å². The molecule has 0 spiro atoms. The van der Waals surface area contributed by atoms with Gasteiger partial charge in [-0.2, -0.15) is 0 Å². The zero-order valence-corrected chi connectivity index (χ0v) is 7.88. The molecule has 70 valence electrons. The van der Waals surface area contributed by atoms with Crippen LogP contribution in [-0.4, -0.2) is 12.6 Å². The van der Waals surface area contributed by atoms with Crippen LogP contribution in [0.2, 0.25) is 0 Å². The van der Waals surface area contributed by atoms with Crippen molar-refractivity contribution in [3.8, 4) is 11.8 Å². The highest BCUT2D eigenvalue weighted by Crippen LogP contribution is 2.19. The quantitative estimate of drug-likeness (QED) is 0.367. The van der Waals surface area contributed by atoms with Crippen molar-refractivity contribution in [2.45, 2.75) is 26.2 Å². The van der Waals surface area contributed by atoms with Gasteiger partial charge in [-0.25, -0.2) is 0 Å². The normalized spacial score (nSPS) is 20.2. The second kappa shape index (κ2) is 5.42. The molecule has 0 heterocycles. The molecule has 2 nitrogen and oxygen atoms in total. The first-order valence-electron chi connectivity index (χ1n) is 4.56. The summed E-state index contributed by atoms with van der Waals surface area (Å²) in [7, 11) is 0. The average molecular weight is 178 g/mol. The van der Waals surface area contributed by atoms with E-state index in [1.807, 2.05) is 6.08 Å². The Morgan fingerprint density at radius 3 is 3.08 bits per heavy atom. The highest BCUT2D eigenvalue weighted by Gasteiger charge is 2.19. The lowest BCUT2D eigenvalue weighted by molar-refractivity contribution is -0.147. The Balaban J connectivity index is 2.29. The van der Waals surface area contributed by atoms with E-state index in [1.165, 1.54) is 0 Å². The molecular formula is C11H14O2. The minimum Gasteiger partial charge on any atom is -0.452 e. The summed E-state index contributed by atoms with van der Waals surface area (Å²) in [5.74, 6) is 5.35. The number of rotatable bonds is 2. The fraction of sp³-hybridized carbons (Fsp3) is 0.545. The van der Waals surface area contributed by atoms with Gasteiger partial charge in [0.25, 0.3) is 0 Å². The number of allylic oxidation sites excluding steroid dienone is 2. The van der Waals surface area contributed by atoms with E-state index in [0.29, 0.717) is 0 Å². The van der Waals surface area contributed by atoms with Crippen LogP contribution in [0.1, 0.15) is 26.2 Å². The third-order valence-electron chi connectivity index (χ3n) is 2.07. The highest BCUT2D eigenvalue weighted by molar-refractivity contribution is 5.73. The molecule has 0 N–H and O–H groups in total. The largest absolute Gasteiger partial charge is 0.452 e. The Labute approximate surface area is 79.0 Å². The Morgan fingerprint density at radius 1 is 1.62 bits per heavy atom. The van der Waals surface area contributed by atoms with Gasteiger partial charge in [-0.05, 0) is 26.2 Å². The standard InChI is InChI=1S/C11H14O2/c1-2-3-9-13-11(12)10-7-5-4-6-8-10/h4-5,10H,6-9H2,1H3. The van der Waals surface area contributed by atoms with E-state index in [0.717, 1.165) is 19.3 Å². The average Bonchev–Trinajstić information content (AvgIpc) is 2.19. The third kappa shape index (κ3) is 3.33. The van der Waals surface area contributed by atoms with E-state index in [4.69, 9.17) is 4.74 Å². The van der Waals surface area contributed by atoms with Crippen LogP contribution in [0, 0.1) is 17.8 Å². The molecule has 0 aromatic carbocycles. The third-order valence-corrected chi connectivity index (χ3v) is 2.07. The van der Waals surface area contributed by atoms with Gasteiger partial charge in [0.05, 0.1) is 5.92 Å². The summed E-state index contributed by atoms with van der Waals surface area (Å²) in [5.41, 5.74) is 0. The van der Waals surface area contributed by atoms with Crippen molar-refractivity contribution >= 4 is 5.97 Å². The van der Waals surface area contributed by atoms with Crippen LogP contribution < -0.4 is 0 Å². The molecule has 1 atom stereocenters. The number of carbonyl (C=O) groups excluding carboxylic acids is 1. The van der Waals surface area contributed by atoms with E-state index in [1.54, 1.807) is 6.92 Å². The molecule has 1 unspecified atom stereocenters. The Morgan fingerprint density at radius 2 is 2.46 bits per heavy atom. The molecule has 1 aliphatic carbocycles. The molecule has 0 amide bonds. The van der Waals surface area contributed by atoms with Crippen LogP contribution in [-0.2, 0) is 9.53 Å². The zero-order chi connectivity index (χ0) is 9.52. The summed E-state index contributed by atoms with van der Waals surface area (Å²) < 4.78 is 4.98. The number of esters is 1. The number of hydrogen-bond acceptors (Lipinski definition) is 2. The Kier molecular flexibility index (Phi) is 4.11. The van der Waals surface area contributed by atoms with Gasteiger partial charge in [0.2, 0.25) is 0 Å². The summed E-state index contributed by atoms with van der Waals surface area (Å²) in [5, 5.41) is 0. The molecule has 13 heavy (non-hydrogen) atoms. The number of ether oxygens (including phenoxy) is 1. The molecule has 0 aromatic rings. The smallest absolute Gasteiger partial charge is 0.310 e. The molecule has 0 fully saturated rings. The lowest BCUT2D eigenvalue weighted by Gasteiger charge is -2.15. The predicted octanol–water partition coefficient (Wildman–Crippen LogP) is 1.91. The van der Waals surface area contributed by atoms with Crippen molar-refractivity contribution in [1.29, 1.82) is 0 Å². The summed E-state index contributed by atoms with van der Waals surface area (Å²) in [6.07, 6.45) is 6.86. The summed E-state index contributed by atoms with van der Waals surface area (Å²) >= 11 is 0. The summed E-state index contributed by atoms with van der Waals surface area (Å²) in [4.78, 5) is 11.3. The van der Waals surface area contributed by atoms with E-state index < -0.39 is 0 Å². The van der Waals surface area contributed by atoms with Gasteiger partial charge in [0.1, 0.15) is 0 Å². The van der Waals surface area contributed by atoms with Crippen LogP contribution in [0.3, 0.4) is 0 Å². The van der Waals surface area contributed by atoms with Gasteiger partial charge in [-0.1, -0.05) is 18.1 Å². The molecule has 0 saturated heterocycles. The first-order valence-corrected chi connectivity index (χ1v) is 4.56. The molecule has 1 rings (SSSR count). The van der Waals surface area contributed by atoms with Gasteiger partial charge < -0.3 is 4.74 Å². The van der Waals surface area contributed by atoms with Gasteiger partial charge in [-0.3, -0.25) is 4.79 Å². The summed E-state index contributed by atoms with van der Waals surface area (Å²) in [6, 6.07) is 0. The molecule has 2 heteroatoms. The second-order valence-corrected chi connectivity index (χ2v) is 3.02. The minimum atomic E-state index is -0.105.